The van der Waals surface area contributed by atoms with Crippen molar-refractivity contribution in [2.45, 2.75) is 13.5 Å². The van der Waals surface area contributed by atoms with Gasteiger partial charge in [-0.05, 0) is 36.8 Å². The number of aromatic nitrogens is 1. The summed E-state index contributed by atoms with van der Waals surface area (Å²) in [5.74, 6) is 0.670. The summed E-state index contributed by atoms with van der Waals surface area (Å²) in [5.41, 5.74) is 7.03. The Morgan fingerprint density at radius 2 is 2.04 bits per heavy atom. The Morgan fingerprint density at radius 3 is 2.75 bits per heavy atom. The molecule has 1 aliphatic heterocycles. The molecule has 124 valence electrons. The molecule has 0 aliphatic carbocycles. The maximum atomic E-state index is 12.2. The van der Waals surface area contributed by atoms with Crippen molar-refractivity contribution in [1.82, 2.24) is 4.98 Å². The van der Waals surface area contributed by atoms with E-state index in [1.807, 2.05) is 0 Å². The molecule has 0 saturated heterocycles. The number of fused-ring (bicyclic) bond motifs is 1. The zero-order valence-electron chi connectivity index (χ0n) is 13.2. The maximum absolute atomic E-state index is 12.2. The van der Waals surface area contributed by atoms with Crippen molar-refractivity contribution in [3.8, 4) is 5.75 Å². The molecule has 0 radical (unpaired) electrons. The minimum atomic E-state index is -0.369. The first kappa shape index (κ1) is 15.8. The number of amides is 1. The molecule has 1 aromatic heterocycles. The van der Waals surface area contributed by atoms with E-state index in [-0.39, 0.29) is 18.5 Å². The van der Waals surface area contributed by atoms with Gasteiger partial charge in [0.05, 0.1) is 18.7 Å². The van der Waals surface area contributed by atoms with Crippen molar-refractivity contribution in [3.63, 3.8) is 0 Å². The second kappa shape index (κ2) is 6.57. The molecule has 0 saturated carbocycles. The zero-order chi connectivity index (χ0) is 17.1. The van der Waals surface area contributed by atoms with Crippen molar-refractivity contribution >= 4 is 23.5 Å². The molecule has 24 heavy (non-hydrogen) atoms. The van der Waals surface area contributed by atoms with Crippen molar-refractivity contribution in [1.29, 1.82) is 0 Å². The normalized spacial score (nSPS) is 13.2. The van der Waals surface area contributed by atoms with Gasteiger partial charge < -0.3 is 15.2 Å². The largest absolute Gasteiger partial charge is 0.480 e. The molecule has 2 heterocycles. The maximum Gasteiger partial charge on any atom is 0.338 e. The van der Waals surface area contributed by atoms with E-state index in [1.54, 1.807) is 43.3 Å². The van der Waals surface area contributed by atoms with E-state index < -0.39 is 0 Å². The zero-order valence-corrected chi connectivity index (χ0v) is 13.2. The SMILES string of the molecule is CCOC(=O)c1ccc(CN2C(=O)COc3ccc(N)nc32)cc1. The van der Waals surface area contributed by atoms with Crippen LogP contribution in [0.5, 0.6) is 5.75 Å². The minimum absolute atomic E-state index is 0.0422. The van der Waals surface area contributed by atoms with E-state index in [9.17, 15) is 9.59 Å². The van der Waals surface area contributed by atoms with Gasteiger partial charge in [0.15, 0.2) is 18.2 Å². The van der Waals surface area contributed by atoms with Gasteiger partial charge in [0.25, 0.3) is 5.91 Å². The number of esters is 1. The molecule has 1 aliphatic rings. The van der Waals surface area contributed by atoms with Crippen LogP contribution in [0.3, 0.4) is 0 Å². The molecule has 0 fully saturated rings. The Labute approximate surface area is 139 Å². The van der Waals surface area contributed by atoms with Gasteiger partial charge in [-0.1, -0.05) is 12.1 Å². The number of ether oxygens (including phenoxy) is 2. The van der Waals surface area contributed by atoms with E-state index in [2.05, 4.69) is 4.98 Å². The third-order valence-electron chi connectivity index (χ3n) is 3.57. The smallest absolute Gasteiger partial charge is 0.338 e. The van der Waals surface area contributed by atoms with Crippen LogP contribution in [0, 0.1) is 0 Å². The summed E-state index contributed by atoms with van der Waals surface area (Å²) in [6, 6.07) is 10.2. The third-order valence-corrected chi connectivity index (χ3v) is 3.57. The highest BCUT2D eigenvalue weighted by molar-refractivity contribution is 5.96. The van der Waals surface area contributed by atoms with Crippen molar-refractivity contribution in [3.05, 3.63) is 47.5 Å². The average Bonchev–Trinajstić information content (AvgIpc) is 2.58. The van der Waals surface area contributed by atoms with Crippen LogP contribution in [-0.4, -0.2) is 30.1 Å². The van der Waals surface area contributed by atoms with Gasteiger partial charge in [-0.3, -0.25) is 9.69 Å². The molecule has 7 heteroatoms. The van der Waals surface area contributed by atoms with Gasteiger partial charge in [-0.25, -0.2) is 9.78 Å². The number of rotatable bonds is 4. The molecule has 1 amide bonds. The highest BCUT2D eigenvalue weighted by Crippen LogP contribution is 2.31. The van der Waals surface area contributed by atoms with Crippen LogP contribution in [0.15, 0.2) is 36.4 Å². The van der Waals surface area contributed by atoms with Crippen molar-refractivity contribution < 1.29 is 19.1 Å². The Hall–Kier alpha value is -3.09. The highest BCUT2D eigenvalue weighted by Gasteiger charge is 2.27. The lowest BCUT2D eigenvalue weighted by molar-refractivity contribution is -0.121. The predicted molar refractivity (Wildman–Crippen MR) is 87.7 cm³/mol. The van der Waals surface area contributed by atoms with Crippen LogP contribution >= 0.6 is 0 Å². The molecule has 0 atom stereocenters. The molecule has 1 aromatic carbocycles. The number of nitrogens with two attached hydrogens (primary N) is 1. The first-order valence-corrected chi connectivity index (χ1v) is 7.54. The van der Waals surface area contributed by atoms with Crippen molar-refractivity contribution in [2.24, 2.45) is 0 Å². The molecule has 7 nitrogen and oxygen atoms in total. The van der Waals surface area contributed by atoms with Gasteiger partial charge in [0.1, 0.15) is 5.82 Å². The summed E-state index contributed by atoms with van der Waals surface area (Å²) in [4.78, 5) is 29.6. The summed E-state index contributed by atoms with van der Waals surface area (Å²) < 4.78 is 10.3. The predicted octanol–water partition coefficient (Wildman–Crippen LogP) is 1.77. The second-order valence-corrected chi connectivity index (χ2v) is 5.24. The van der Waals surface area contributed by atoms with E-state index >= 15 is 0 Å². The number of hydrogen-bond acceptors (Lipinski definition) is 6. The van der Waals surface area contributed by atoms with Gasteiger partial charge in [-0.2, -0.15) is 0 Å². The molecule has 0 unspecified atom stereocenters. The standard InChI is InChI=1S/C17H17N3O4/c1-2-23-17(22)12-5-3-11(4-6-12)9-20-15(21)10-24-13-7-8-14(18)19-16(13)20/h3-8H,2,9-10H2,1H3,(H2,18,19). The number of nitrogen functional groups attached to an aromatic ring is 1. The lowest BCUT2D eigenvalue weighted by Crippen LogP contribution is -2.39. The monoisotopic (exact) mass is 327 g/mol. The number of nitrogens with zero attached hydrogens (tertiary/aromatic N) is 2. The minimum Gasteiger partial charge on any atom is -0.480 e. The fraction of sp³-hybridized carbons (Fsp3) is 0.235. The molecule has 2 aromatic rings. The van der Waals surface area contributed by atoms with Crippen molar-refractivity contribution in [2.75, 3.05) is 23.8 Å². The number of anilines is 2. The first-order chi connectivity index (χ1) is 11.6. The first-order valence-electron chi connectivity index (χ1n) is 7.54. The van der Waals surface area contributed by atoms with Gasteiger partial charge in [0.2, 0.25) is 0 Å². The quantitative estimate of drug-likeness (QED) is 0.860. The summed E-state index contributed by atoms with van der Waals surface area (Å²) >= 11 is 0. The topological polar surface area (TPSA) is 94.8 Å². The van der Waals surface area contributed by atoms with E-state index in [0.717, 1.165) is 5.56 Å². The Bertz CT molecular complexity index is 774. The summed E-state index contributed by atoms with van der Waals surface area (Å²) in [7, 11) is 0. The molecule has 0 spiro atoms. The number of hydrogen-bond donors (Lipinski definition) is 1. The fourth-order valence-corrected chi connectivity index (χ4v) is 2.40. The summed E-state index contributed by atoms with van der Waals surface area (Å²) in [6.07, 6.45) is 0. The van der Waals surface area contributed by atoms with E-state index in [0.29, 0.717) is 36.1 Å². The van der Waals surface area contributed by atoms with Crippen LogP contribution in [-0.2, 0) is 16.1 Å². The van der Waals surface area contributed by atoms with E-state index in [4.69, 9.17) is 15.2 Å². The number of pyridine rings is 1. The van der Waals surface area contributed by atoms with Crippen LogP contribution in [0.25, 0.3) is 0 Å². The highest BCUT2D eigenvalue weighted by atomic mass is 16.5. The van der Waals surface area contributed by atoms with Crippen LogP contribution in [0.4, 0.5) is 11.6 Å². The van der Waals surface area contributed by atoms with Gasteiger partial charge in [-0.15, -0.1) is 0 Å². The lowest BCUT2D eigenvalue weighted by atomic mass is 10.1. The Balaban J connectivity index is 1.82. The van der Waals surface area contributed by atoms with Gasteiger partial charge >= 0.3 is 5.97 Å². The van der Waals surface area contributed by atoms with Crippen LogP contribution < -0.4 is 15.4 Å². The molecule has 2 N–H and O–H groups in total. The number of carbonyl (C=O) groups excluding carboxylic acids is 2. The third kappa shape index (κ3) is 3.15. The second-order valence-electron chi connectivity index (χ2n) is 5.24. The van der Waals surface area contributed by atoms with Crippen LogP contribution in [0.1, 0.15) is 22.8 Å². The average molecular weight is 327 g/mol. The molecule has 0 bridgehead atoms. The van der Waals surface area contributed by atoms with Crippen LogP contribution in [0.2, 0.25) is 0 Å². The fourth-order valence-electron chi connectivity index (χ4n) is 2.40. The van der Waals surface area contributed by atoms with Gasteiger partial charge in [0, 0.05) is 0 Å². The molecule has 3 rings (SSSR count). The molecular formula is C17H17N3O4. The number of benzene rings is 1. The number of carbonyl (C=O) groups is 2. The van der Waals surface area contributed by atoms with E-state index in [1.165, 1.54) is 4.90 Å². The summed E-state index contributed by atoms with van der Waals surface area (Å²) in [5, 5.41) is 0. The summed E-state index contributed by atoms with van der Waals surface area (Å²) in [6.45, 7) is 2.35. The Morgan fingerprint density at radius 1 is 1.29 bits per heavy atom. The molecular weight excluding hydrogens is 310 g/mol. The lowest BCUT2D eigenvalue weighted by Gasteiger charge is -2.28. The Kier molecular flexibility index (Phi) is 4.33.